The maximum absolute atomic E-state index is 13.3. The maximum atomic E-state index is 13.3. The van der Waals surface area contributed by atoms with E-state index < -0.39 is 12.0 Å². The molecule has 7 heteroatoms. The monoisotopic (exact) mass is 449 g/mol. The number of benzene rings is 2. The van der Waals surface area contributed by atoms with Gasteiger partial charge in [-0.3, -0.25) is 14.4 Å². The second-order valence-corrected chi connectivity index (χ2v) is 8.62. The largest absolute Gasteiger partial charge is 0.344 e. The number of carbonyl (C=O) groups is 3. The summed E-state index contributed by atoms with van der Waals surface area (Å²) in [6.07, 6.45) is 3.01. The summed E-state index contributed by atoms with van der Waals surface area (Å²) in [6.45, 7) is 5.35. The van der Waals surface area contributed by atoms with Crippen LogP contribution in [0.25, 0.3) is 11.1 Å². The van der Waals surface area contributed by atoms with E-state index in [0.717, 1.165) is 16.7 Å². The molecule has 4 rings (SSSR count). The molecule has 2 aromatic carbocycles. The van der Waals surface area contributed by atoms with E-state index in [4.69, 9.17) is 0 Å². The summed E-state index contributed by atoms with van der Waals surface area (Å²) >= 11 is 0. The van der Waals surface area contributed by atoms with Crippen LogP contribution in [0.2, 0.25) is 0 Å². The Hall–Kier alpha value is -3.48. The van der Waals surface area contributed by atoms with Crippen molar-refractivity contribution in [3.05, 3.63) is 72.6 Å². The molecule has 2 heterocycles. The fraction of sp³-hybridized carbons (Fsp3) is 0.346. The van der Waals surface area contributed by atoms with Crippen molar-refractivity contribution in [2.45, 2.75) is 25.3 Å². The van der Waals surface area contributed by atoms with Gasteiger partial charge in [0.05, 0.1) is 5.92 Å². The Labute approximate surface area is 193 Å². The fourth-order valence-electron chi connectivity index (χ4n) is 4.56. The van der Waals surface area contributed by atoms with Gasteiger partial charge in [-0.05, 0) is 41.7 Å². The van der Waals surface area contributed by atoms with Gasteiger partial charge in [0.2, 0.25) is 17.7 Å². The van der Waals surface area contributed by atoms with Crippen LogP contribution in [0.4, 0.5) is 4.39 Å². The first kappa shape index (κ1) is 22.7. The number of halogens is 1. The van der Waals surface area contributed by atoms with E-state index in [-0.39, 0.29) is 23.5 Å². The first-order valence-corrected chi connectivity index (χ1v) is 11.3. The molecule has 0 aromatic heterocycles. The van der Waals surface area contributed by atoms with Crippen LogP contribution in [-0.4, -0.2) is 59.7 Å². The second-order valence-electron chi connectivity index (χ2n) is 8.62. The number of nitrogens with zero attached hydrogens (tertiary/aromatic N) is 2. The molecule has 2 aromatic rings. The third-order valence-corrected chi connectivity index (χ3v) is 6.28. The first-order valence-electron chi connectivity index (χ1n) is 11.3. The summed E-state index contributed by atoms with van der Waals surface area (Å²) in [5.74, 6) is -0.935. The highest BCUT2D eigenvalue weighted by molar-refractivity contribution is 5.91. The van der Waals surface area contributed by atoms with Crippen molar-refractivity contribution in [2.75, 3.05) is 26.2 Å². The van der Waals surface area contributed by atoms with Gasteiger partial charge in [0, 0.05) is 32.6 Å². The Morgan fingerprint density at radius 2 is 1.91 bits per heavy atom. The summed E-state index contributed by atoms with van der Waals surface area (Å²) in [7, 11) is 0. The molecule has 0 bridgehead atoms. The Balaban J connectivity index is 1.55. The molecule has 2 fully saturated rings. The molecule has 3 amide bonds. The zero-order chi connectivity index (χ0) is 23.4. The third kappa shape index (κ3) is 5.30. The summed E-state index contributed by atoms with van der Waals surface area (Å²) in [5.41, 5.74) is 2.81. The van der Waals surface area contributed by atoms with Gasteiger partial charge in [-0.15, -0.1) is 6.58 Å². The number of hydrogen-bond donors (Lipinski definition) is 1. The third-order valence-electron chi connectivity index (χ3n) is 6.28. The lowest BCUT2D eigenvalue weighted by atomic mass is 9.94. The Morgan fingerprint density at radius 3 is 2.61 bits per heavy atom. The van der Waals surface area contributed by atoms with Crippen LogP contribution in [0.1, 0.15) is 18.4 Å². The van der Waals surface area contributed by atoms with Crippen molar-refractivity contribution in [1.82, 2.24) is 15.1 Å². The number of carbonyl (C=O) groups excluding carboxylic acids is 3. The van der Waals surface area contributed by atoms with Crippen LogP contribution in [0, 0.1) is 11.7 Å². The lowest BCUT2D eigenvalue weighted by molar-refractivity contribution is -0.136. The Kier molecular flexibility index (Phi) is 6.87. The minimum atomic E-state index is -0.513. The normalized spacial score (nSPS) is 21.0. The van der Waals surface area contributed by atoms with Crippen molar-refractivity contribution in [3.63, 3.8) is 0 Å². The molecule has 172 valence electrons. The van der Waals surface area contributed by atoms with E-state index in [1.54, 1.807) is 28.0 Å². The number of amides is 3. The lowest BCUT2D eigenvalue weighted by Crippen LogP contribution is -2.46. The number of rotatable bonds is 6. The second kappa shape index (κ2) is 9.98. The molecular formula is C26H28FN3O3. The average molecular weight is 450 g/mol. The van der Waals surface area contributed by atoms with E-state index in [2.05, 4.69) is 11.9 Å². The highest BCUT2D eigenvalue weighted by atomic mass is 19.1. The molecule has 0 spiro atoms. The van der Waals surface area contributed by atoms with Crippen molar-refractivity contribution in [2.24, 2.45) is 5.92 Å². The molecule has 0 radical (unpaired) electrons. The van der Waals surface area contributed by atoms with Crippen LogP contribution in [-0.2, 0) is 20.8 Å². The Bertz CT molecular complexity index is 1050. The first-order chi connectivity index (χ1) is 15.9. The van der Waals surface area contributed by atoms with Gasteiger partial charge in [0.25, 0.3) is 0 Å². The van der Waals surface area contributed by atoms with Gasteiger partial charge < -0.3 is 15.1 Å². The summed E-state index contributed by atoms with van der Waals surface area (Å²) in [5, 5.41) is 2.74. The zero-order valence-corrected chi connectivity index (χ0v) is 18.5. The predicted octanol–water partition coefficient (Wildman–Crippen LogP) is 2.79. The molecule has 1 N–H and O–H groups in total. The van der Waals surface area contributed by atoms with Crippen molar-refractivity contribution in [1.29, 1.82) is 0 Å². The van der Waals surface area contributed by atoms with E-state index in [9.17, 15) is 18.8 Å². The van der Waals surface area contributed by atoms with E-state index in [1.807, 2.05) is 24.3 Å². The van der Waals surface area contributed by atoms with Crippen LogP contribution < -0.4 is 5.32 Å². The molecule has 2 aliphatic heterocycles. The van der Waals surface area contributed by atoms with Crippen molar-refractivity contribution < 1.29 is 18.8 Å². The molecule has 0 aliphatic carbocycles. The zero-order valence-electron chi connectivity index (χ0n) is 18.5. The molecule has 2 saturated heterocycles. The van der Waals surface area contributed by atoms with E-state index in [0.29, 0.717) is 45.4 Å². The fourth-order valence-corrected chi connectivity index (χ4v) is 4.56. The summed E-state index contributed by atoms with van der Waals surface area (Å²) < 4.78 is 13.3. The topological polar surface area (TPSA) is 69.7 Å². The van der Waals surface area contributed by atoms with Crippen LogP contribution >= 0.6 is 0 Å². The smallest absolute Gasteiger partial charge is 0.245 e. The van der Waals surface area contributed by atoms with Gasteiger partial charge in [0.15, 0.2) is 0 Å². The van der Waals surface area contributed by atoms with E-state index in [1.165, 1.54) is 12.1 Å². The van der Waals surface area contributed by atoms with Crippen molar-refractivity contribution >= 4 is 17.7 Å². The van der Waals surface area contributed by atoms with Gasteiger partial charge in [-0.25, -0.2) is 4.39 Å². The van der Waals surface area contributed by atoms with Gasteiger partial charge in [0.1, 0.15) is 11.9 Å². The van der Waals surface area contributed by atoms with Crippen molar-refractivity contribution in [3.8, 4) is 11.1 Å². The maximum Gasteiger partial charge on any atom is 0.245 e. The van der Waals surface area contributed by atoms with Crippen LogP contribution in [0.15, 0.2) is 61.2 Å². The molecule has 2 aliphatic rings. The minimum absolute atomic E-state index is 0.00663. The molecule has 0 saturated carbocycles. The number of nitrogens with one attached hydrogen (secondary N) is 1. The van der Waals surface area contributed by atoms with Crippen LogP contribution in [0.3, 0.4) is 0 Å². The van der Waals surface area contributed by atoms with Gasteiger partial charge >= 0.3 is 0 Å². The molecule has 33 heavy (non-hydrogen) atoms. The minimum Gasteiger partial charge on any atom is -0.344 e. The number of hydrogen-bond acceptors (Lipinski definition) is 3. The van der Waals surface area contributed by atoms with Crippen LogP contribution in [0.5, 0.6) is 0 Å². The SMILES string of the molecule is C=CCN1CCN(C(=O)[C@H]2CCC(=O)N2)C[C@@H](Cc2cccc(-c3ccc(F)cc3)c2)C1=O. The Morgan fingerprint density at radius 1 is 1.12 bits per heavy atom. The predicted molar refractivity (Wildman–Crippen MR) is 124 cm³/mol. The summed E-state index contributed by atoms with van der Waals surface area (Å²) in [4.78, 5) is 41.4. The highest BCUT2D eigenvalue weighted by Gasteiger charge is 2.36. The molecular weight excluding hydrogens is 421 g/mol. The van der Waals surface area contributed by atoms with Gasteiger partial charge in [-0.1, -0.05) is 42.5 Å². The molecule has 2 atom stereocenters. The quantitative estimate of drug-likeness (QED) is 0.690. The summed E-state index contributed by atoms with van der Waals surface area (Å²) in [6, 6.07) is 13.6. The standard InChI is InChI=1S/C26H28FN3O3/c1-2-12-29-13-14-30(26(33)23-10-11-24(31)28-23)17-21(25(29)32)16-18-4-3-5-20(15-18)19-6-8-22(27)9-7-19/h2-9,15,21,23H,1,10-14,16-17H2,(H,28,31)/t21-,23-/m1/s1. The van der Waals surface area contributed by atoms with E-state index >= 15 is 0 Å². The van der Waals surface area contributed by atoms with Gasteiger partial charge in [-0.2, -0.15) is 0 Å². The highest BCUT2D eigenvalue weighted by Crippen LogP contribution is 2.24. The molecule has 0 unspecified atom stereocenters. The lowest BCUT2D eigenvalue weighted by Gasteiger charge is -2.26. The molecule has 6 nitrogen and oxygen atoms in total. The average Bonchev–Trinajstić information content (AvgIpc) is 3.19.